The van der Waals surface area contributed by atoms with E-state index in [9.17, 15) is 14.4 Å². The molecule has 7 heteroatoms. The van der Waals surface area contributed by atoms with Crippen LogP contribution in [0.15, 0.2) is 18.3 Å². The molecule has 0 spiro atoms. The monoisotopic (exact) mass is 286 g/mol. The van der Waals surface area contributed by atoms with Gasteiger partial charge in [-0.2, -0.15) is 0 Å². The number of nitrogens with zero attached hydrogens (tertiary/aromatic N) is 2. The zero-order chi connectivity index (χ0) is 15.4. The van der Waals surface area contributed by atoms with E-state index < -0.39 is 17.9 Å². The average molecular weight is 286 g/mol. The number of aromatic nitrogens is 1. The van der Waals surface area contributed by atoms with Gasteiger partial charge < -0.3 is 11.1 Å². The molecule has 0 bridgehead atoms. The molecule has 2 heterocycles. The van der Waals surface area contributed by atoms with Crippen molar-refractivity contribution in [1.29, 1.82) is 0 Å². The summed E-state index contributed by atoms with van der Waals surface area (Å²) in [5.74, 6) is 4.09. The molecule has 1 aliphatic heterocycles. The van der Waals surface area contributed by atoms with Gasteiger partial charge in [0.05, 0.1) is 18.5 Å². The summed E-state index contributed by atoms with van der Waals surface area (Å²) in [5.41, 5.74) is 5.83. The molecule has 108 valence electrons. The lowest BCUT2D eigenvalue weighted by Gasteiger charge is -2.11. The lowest BCUT2D eigenvalue weighted by molar-refractivity contribution is -0.137. The minimum Gasteiger partial charge on any atom is -0.338 e. The molecule has 1 fully saturated rings. The van der Waals surface area contributed by atoms with Crippen molar-refractivity contribution in [2.45, 2.75) is 12.5 Å². The number of carbonyl (C=O) groups excluding carboxylic acids is 3. The summed E-state index contributed by atoms with van der Waals surface area (Å²) in [6, 6.07) is 2.43. The summed E-state index contributed by atoms with van der Waals surface area (Å²) < 4.78 is 0. The second-order valence-corrected chi connectivity index (χ2v) is 4.43. The number of nitrogens with one attached hydrogen (secondary N) is 1. The second-order valence-electron chi connectivity index (χ2n) is 4.43. The number of hydrogen-bond donors (Lipinski definition) is 2. The standard InChI is InChI=1S/C14H14N4O3/c1-18-11(19)8-10(14(18)21)17-13(20)12-9(4-2-6-15)5-3-7-16-12/h3,5,7,10H,6,8,15H2,1H3,(H,17,20). The van der Waals surface area contributed by atoms with Crippen molar-refractivity contribution in [3.63, 3.8) is 0 Å². The maximum atomic E-state index is 12.2. The maximum absolute atomic E-state index is 12.2. The average Bonchev–Trinajstić information content (AvgIpc) is 2.72. The van der Waals surface area contributed by atoms with Crippen LogP contribution >= 0.6 is 0 Å². The smallest absolute Gasteiger partial charge is 0.271 e. The van der Waals surface area contributed by atoms with Crippen LogP contribution in [0.4, 0.5) is 0 Å². The van der Waals surface area contributed by atoms with E-state index in [4.69, 9.17) is 5.73 Å². The fraction of sp³-hybridized carbons (Fsp3) is 0.286. The van der Waals surface area contributed by atoms with E-state index in [-0.39, 0.29) is 24.6 Å². The zero-order valence-corrected chi connectivity index (χ0v) is 11.4. The van der Waals surface area contributed by atoms with Crippen LogP contribution in [0.5, 0.6) is 0 Å². The fourth-order valence-corrected chi connectivity index (χ4v) is 1.93. The molecule has 0 saturated carbocycles. The van der Waals surface area contributed by atoms with Gasteiger partial charge in [-0.15, -0.1) is 0 Å². The Bertz CT molecular complexity index is 660. The van der Waals surface area contributed by atoms with E-state index in [1.54, 1.807) is 12.1 Å². The molecule has 1 saturated heterocycles. The SMILES string of the molecule is CN1C(=O)CC(NC(=O)c2ncccc2C#CCN)C1=O. The quantitative estimate of drug-likeness (QED) is 0.529. The van der Waals surface area contributed by atoms with Crippen molar-refractivity contribution in [2.24, 2.45) is 5.73 Å². The highest BCUT2D eigenvalue weighted by Gasteiger charge is 2.37. The van der Waals surface area contributed by atoms with Gasteiger partial charge in [-0.25, -0.2) is 4.98 Å². The summed E-state index contributed by atoms with van der Waals surface area (Å²) >= 11 is 0. The first-order valence-electron chi connectivity index (χ1n) is 6.29. The summed E-state index contributed by atoms with van der Waals surface area (Å²) in [4.78, 5) is 40.3. The van der Waals surface area contributed by atoms with Crippen molar-refractivity contribution < 1.29 is 14.4 Å². The van der Waals surface area contributed by atoms with E-state index in [0.29, 0.717) is 5.56 Å². The van der Waals surface area contributed by atoms with Crippen molar-refractivity contribution in [1.82, 2.24) is 15.2 Å². The first-order chi connectivity index (χ1) is 10.0. The lowest BCUT2D eigenvalue weighted by Crippen LogP contribution is -2.41. The Labute approximate surface area is 121 Å². The van der Waals surface area contributed by atoms with Crippen LogP contribution in [0.2, 0.25) is 0 Å². The van der Waals surface area contributed by atoms with Crippen LogP contribution in [0, 0.1) is 11.8 Å². The van der Waals surface area contributed by atoms with Gasteiger partial charge in [0.25, 0.3) is 11.8 Å². The summed E-state index contributed by atoms with van der Waals surface area (Å²) in [5, 5.41) is 2.51. The number of nitrogens with two attached hydrogens (primary N) is 1. The number of likely N-dealkylation sites (N-methyl/N-ethyl adjacent to an activating group) is 1. The van der Waals surface area contributed by atoms with Crippen molar-refractivity contribution in [3.05, 3.63) is 29.6 Å². The summed E-state index contributed by atoms with van der Waals surface area (Å²) in [6.45, 7) is 0.163. The van der Waals surface area contributed by atoms with Crippen LogP contribution in [-0.4, -0.2) is 47.2 Å². The van der Waals surface area contributed by atoms with Gasteiger partial charge in [0.1, 0.15) is 11.7 Å². The predicted octanol–water partition coefficient (Wildman–Crippen LogP) is -1.12. The molecule has 1 aromatic heterocycles. The van der Waals surface area contributed by atoms with Gasteiger partial charge >= 0.3 is 0 Å². The molecular weight excluding hydrogens is 272 g/mol. The van der Waals surface area contributed by atoms with Crippen LogP contribution < -0.4 is 11.1 Å². The molecule has 3 amide bonds. The van der Waals surface area contributed by atoms with Gasteiger partial charge in [-0.1, -0.05) is 11.8 Å². The zero-order valence-electron chi connectivity index (χ0n) is 11.4. The third-order valence-electron chi connectivity index (χ3n) is 3.03. The highest BCUT2D eigenvalue weighted by Crippen LogP contribution is 2.12. The number of likely N-dealkylation sites (tertiary alicyclic amines) is 1. The predicted molar refractivity (Wildman–Crippen MR) is 73.8 cm³/mol. The van der Waals surface area contributed by atoms with Gasteiger partial charge in [0, 0.05) is 13.2 Å². The number of carbonyl (C=O) groups is 3. The third-order valence-corrected chi connectivity index (χ3v) is 3.03. The minimum atomic E-state index is -0.854. The van der Waals surface area contributed by atoms with Crippen LogP contribution in [0.1, 0.15) is 22.5 Å². The molecule has 3 N–H and O–H groups in total. The summed E-state index contributed by atoms with van der Waals surface area (Å²) in [6.07, 6.45) is 1.41. The van der Waals surface area contributed by atoms with Crippen LogP contribution in [-0.2, 0) is 9.59 Å². The van der Waals surface area contributed by atoms with E-state index in [1.807, 2.05) is 0 Å². The molecule has 0 aromatic carbocycles. The highest BCUT2D eigenvalue weighted by atomic mass is 16.2. The largest absolute Gasteiger partial charge is 0.338 e. The van der Waals surface area contributed by atoms with Gasteiger partial charge in [0.15, 0.2) is 0 Å². The molecule has 2 rings (SSSR count). The Morgan fingerprint density at radius 3 is 2.95 bits per heavy atom. The molecule has 0 aliphatic carbocycles. The lowest BCUT2D eigenvalue weighted by atomic mass is 10.1. The van der Waals surface area contributed by atoms with E-state index in [1.165, 1.54) is 13.2 Å². The number of imide groups is 1. The molecule has 21 heavy (non-hydrogen) atoms. The molecule has 7 nitrogen and oxygen atoms in total. The Morgan fingerprint density at radius 1 is 1.57 bits per heavy atom. The normalized spacial score (nSPS) is 17.4. The Kier molecular flexibility index (Phi) is 4.30. The molecule has 1 unspecified atom stereocenters. The number of hydrogen-bond acceptors (Lipinski definition) is 5. The molecule has 1 aliphatic rings. The Balaban J connectivity index is 2.18. The van der Waals surface area contributed by atoms with E-state index >= 15 is 0 Å². The number of pyridine rings is 1. The first-order valence-corrected chi connectivity index (χ1v) is 6.29. The van der Waals surface area contributed by atoms with E-state index in [2.05, 4.69) is 22.1 Å². The van der Waals surface area contributed by atoms with Crippen LogP contribution in [0.3, 0.4) is 0 Å². The van der Waals surface area contributed by atoms with Crippen molar-refractivity contribution in [2.75, 3.05) is 13.6 Å². The van der Waals surface area contributed by atoms with Crippen molar-refractivity contribution in [3.8, 4) is 11.8 Å². The number of amides is 3. The Hall–Kier alpha value is -2.72. The van der Waals surface area contributed by atoms with E-state index in [0.717, 1.165) is 4.90 Å². The highest BCUT2D eigenvalue weighted by molar-refractivity contribution is 6.08. The second kappa shape index (κ2) is 6.15. The van der Waals surface area contributed by atoms with Gasteiger partial charge in [-0.3, -0.25) is 19.3 Å². The molecule has 1 aromatic rings. The van der Waals surface area contributed by atoms with Gasteiger partial charge in [-0.05, 0) is 12.1 Å². The van der Waals surface area contributed by atoms with Crippen molar-refractivity contribution >= 4 is 17.7 Å². The number of rotatable bonds is 2. The topological polar surface area (TPSA) is 105 Å². The minimum absolute atomic E-state index is 0.0439. The molecular formula is C14H14N4O3. The fourth-order valence-electron chi connectivity index (χ4n) is 1.93. The Morgan fingerprint density at radius 2 is 2.33 bits per heavy atom. The molecule has 0 radical (unpaired) electrons. The van der Waals surface area contributed by atoms with Crippen LogP contribution in [0.25, 0.3) is 0 Å². The molecule has 1 atom stereocenters. The summed E-state index contributed by atoms with van der Waals surface area (Å²) in [7, 11) is 1.38. The third kappa shape index (κ3) is 3.07. The maximum Gasteiger partial charge on any atom is 0.271 e. The first kappa shape index (κ1) is 14.7. The van der Waals surface area contributed by atoms with Gasteiger partial charge in [0.2, 0.25) is 5.91 Å².